The Morgan fingerprint density at radius 2 is 1.79 bits per heavy atom. The lowest BCUT2D eigenvalue weighted by Crippen LogP contribution is -2.43. The largest absolute Gasteiger partial charge is 0.310 e. The van der Waals surface area contributed by atoms with Crippen molar-refractivity contribution in [2.45, 2.75) is 54.1 Å². The highest BCUT2D eigenvalue weighted by Crippen LogP contribution is 2.40. The van der Waals surface area contributed by atoms with Gasteiger partial charge in [0.15, 0.2) is 0 Å². The van der Waals surface area contributed by atoms with Gasteiger partial charge < -0.3 is 9.80 Å². The first-order valence-electron chi connectivity index (χ1n) is 11.8. The summed E-state index contributed by atoms with van der Waals surface area (Å²) in [5.41, 5.74) is 2.52. The third-order valence-corrected chi connectivity index (χ3v) is 9.81. The number of sulfonamides is 1. The predicted molar refractivity (Wildman–Crippen MR) is 134 cm³/mol. The second-order valence-corrected chi connectivity index (χ2v) is 12.5. The lowest BCUT2D eigenvalue weighted by molar-refractivity contribution is -0.122. The first-order chi connectivity index (χ1) is 16.3. The summed E-state index contributed by atoms with van der Waals surface area (Å²) in [7, 11) is -3.66. The Morgan fingerprint density at radius 3 is 2.59 bits per heavy atom. The van der Waals surface area contributed by atoms with E-state index in [4.69, 9.17) is 0 Å². The molecule has 0 N–H and O–H groups in total. The van der Waals surface area contributed by atoms with Crippen LogP contribution in [0.2, 0.25) is 0 Å². The third-order valence-electron chi connectivity index (χ3n) is 6.75. The van der Waals surface area contributed by atoms with E-state index < -0.39 is 10.0 Å². The zero-order valence-electron chi connectivity index (χ0n) is 19.3. The lowest BCUT2D eigenvalue weighted by Gasteiger charge is -2.28. The number of piperidine rings is 1. The minimum atomic E-state index is -3.66. The number of para-hydroxylation sites is 1. The number of nitrogens with zero attached hydrogens (tertiary/aromatic N) is 3. The maximum absolute atomic E-state index is 13.4. The van der Waals surface area contributed by atoms with Gasteiger partial charge in [-0.1, -0.05) is 31.5 Å². The minimum Gasteiger partial charge on any atom is -0.310 e. The van der Waals surface area contributed by atoms with Crippen LogP contribution in [0.15, 0.2) is 52.3 Å². The number of benzene rings is 2. The quantitative estimate of drug-likeness (QED) is 0.642. The number of amides is 2. The number of rotatable bonds is 4. The van der Waals surface area contributed by atoms with Crippen molar-refractivity contribution < 1.29 is 18.0 Å². The summed E-state index contributed by atoms with van der Waals surface area (Å²) in [4.78, 5) is 30.8. The molecule has 180 valence electrons. The van der Waals surface area contributed by atoms with E-state index in [1.54, 1.807) is 34.9 Å². The van der Waals surface area contributed by atoms with Crippen LogP contribution in [0.1, 0.15) is 38.2 Å². The van der Waals surface area contributed by atoms with Crippen LogP contribution >= 0.6 is 11.8 Å². The normalized spacial score (nSPS) is 21.2. The van der Waals surface area contributed by atoms with Crippen LogP contribution in [0, 0.1) is 0 Å². The molecule has 2 amide bonds. The SMILES string of the molecule is C[C@@H]1CC(=O)N(CC(=O)N2CCc3ccccc32)c2cc(S(=O)(=O)N3CCCCC3)ccc2S1. The van der Waals surface area contributed by atoms with Crippen molar-refractivity contribution in [1.29, 1.82) is 0 Å². The molecule has 0 bridgehead atoms. The van der Waals surface area contributed by atoms with Gasteiger partial charge in [0.25, 0.3) is 0 Å². The number of carbonyl (C=O) groups excluding carboxylic acids is 2. The second-order valence-electron chi connectivity index (χ2n) is 9.13. The van der Waals surface area contributed by atoms with Crippen LogP contribution in [0.4, 0.5) is 11.4 Å². The van der Waals surface area contributed by atoms with E-state index in [9.17, 15) is 18.0 Å². The van der Waals surface area contributed by atoms with Gasteiger partial charge in [-0.2, -0.15) is 4.31 Å². The van der Waals surface area contributed by atoms with E-state index in [-0.39, 0.29) is 34.9 Å². The van der Waals surface area contributed by atoms with Crippen LogP contribution in [-0.2, 0) is 26.0 Å². The van der Waals surface area contributed by atoms with E-state index in [0.717, 1.165) is 41.8 Å². The Kier molecular flexibility index (Phi) is 6.43. The number of thioether (sulfide) groups is 1. The van der Waals surface area contributed by atoms with Crippen LogP contribution in [0.25, 0.3) is 0 Å². The number of hydrogen-bond acceptors (Lipinski definition) is 5. The van der Waals surface area contributed by atoms with Crippen LogP contribution in [0.3, 0.4) is 0 Å². The fourth-order valence-electron chi connectivity index (χ4n) is 4.96. The molecule has 2 aromatic rings. The molecule has 7 nitrogen and oxygen atoms in total. The fraction of sp³-hybridized carbons (Fsp3) is 0.440. The maximum atomic E-state index is 13.4. The summed E-state index contributed by atoms with van der Waals surface area (Å²) in [5, 5.41) is 0.0309. The Balaban J connectivity index is 1.48. The molecule has 0 aromatic heterocycles. The molecule has 1 saturated heterocycles. The molecule has 1 fully saturated rings. The van der Waals surface area contributed by atoms with Crippen molar-refractivity contribution >= 4 is 45.0 Å². The van der Waals surface area contributed by atoms with Gasteiger partial charge in [-0.05, 0) is 49.1 Å². The second kappa shape index (κ2) is 9.36. The third kappa shape index (κ3) is 4.36. The Hall–Kier alpha value is -2.36. The Labute approximate surface area is 205 Å². The Morgan fingerprint density at radius 1 is 1.03 bits per heavy atom. The first-order valence-corrected chi connectivity index (χ1v) is 14.2. The molecule has 3 aliphatic rings. The first kappa shape index (κ1) is 23.4. The maximum Gasteiger partial charge on any atom is 0.247 e. The molecule has 0 saturated carbocycles. The summed E-state index contributed by atoms with van der Waals surface area (Å²) in [6, 6.07) is 12.8. The highest BCUT2D eigenvalue weighted by atomic mass is 32.2. The fourth-order valence-corrected chi connectivity index (χ4v) is 7.60. The zero-order valence-corrected chi connectivity index (χ0v) is 20.9. The van der Waals surface area contributed by atoms with Gasteiger partial charge in [-0.15, -0.1) is 11.8 Å². The van der Waals surface area contributed by atoms with Gasteiger partial charge >= 0.3 is 0 Å². The molecule has 0 unspecified atom stereocenters. The summed E-state index contributed by atoms with van der Waals surface area (Å²) in [6.07, 6.45) is 3.83. The molecule has 0 aliphatic carbocycles. The summed E-state index contributed by atoms with van der Waals surface area (Å²) >= 11 is 1.55. The average Bonchev–Trinajstić information content (AvgIpc) is 3.23. The predicted octanol–water partition coefficient (Wildman–Crippen LogP) is 3.67. The van der Waals surface area contributed by atoms with E-state index in [1.165, 1.54) is 9.21 Å². The molecular weight excluding hydrogens is 470 g/mol. The number of anilines is 2. The molecule has 3 heterocycles. The molecule has 0 spiro atoms. The van der Waals surface area contributed by atoms with Gasteiger partial charge in [-0.3, -0.25) is 9.59 Å². The van der Waals surface area contributed by atoms with Crippen molar-refractivity contribution in [3.63, 3.8) is 0 Å². The van der Waals surface area contributed by atoms with Crippen LogP contribution in [-0.4, -0.2) is 56.0 Å². The lowest BCUT2D eigenvalue weighted by atomic mass is 10.2. The van der Waals surface area contributed by atoms with Crippen molar-refractivity contribution in [3.8, 4) is 0 Å². The standard InChI is InChI=1S/C25H29N3O4S2/c1-18-15-24(29)28(17-25(30)27-14-11-19-7-3-4-8-21(19)27)22-16-20(9-10-23(22)33-18)34(31,32)26-12-5-2-6-13-26/h3-4,7-10,16,18H,2,5-6,11-15,17H2,1H3/t18-/m1/s1. The van der Waals surface area contributed by atoms with E-state index >= 15 is 0 Å². The summed E-state index contributed by atoms with van der Waals surface area (Å²) in [6.45, 7) is 3.48. The van der Waals surface area contributed by atoms with E-state index in [1.807, 2.05) is 31.2 Å². The van der Waals surface area contributed by atoms with Crippen molar-refractivity contribution in [2.75, 3.05) is 36.0 Å². The van der Waals surface area contributed by atoms with Gasteiger partial charge in [0.05, 0.1) is 10.6 Å². The number of hydrogen-bond donors (Lipinski definition) is 0. The molecule has 1 atom stereocenters. The van der Waals surface area contributed by atoms with Crippen molar-refractivity contribution in [3.05, 3.63) is 48.0 Å². The van der Waals surface area contributed by atoms with E-state index in [0.29, 0.717) is 25.3 Å². The summed E-state index contributed by atoms with van der Waals surface area (Å²) in [5.74, 6) is -0.319. The molecule has 2 aromatic carbocycles. The monoisotopic (exact) mass is 499 g/mol. The molecular formula is C25H29N3O4S2. The summed E-state index contributed by atoms with van der Waals surface area (Å²) < 4.78 is 28.2. The van der Waals surface area contributed by atoms with Crippen LogP contribution < -0.4 is 9.80 Å². The molecule has 34 heavy (non-hydrogen) atoms. The molecule has 5 rings (SSSR count). The van der Waals surface area contributed by atoms with Gasteiger partial charge in [0, 0.05) is 41.9 Å². The zero-order chi connectivity index (χ0) is 23.9. The minimum absolute atomic E-state index is 0.0309. The molecule has 9 heteroatoms. The highest BCUT2D eigenvalue weighted by Gasteiger charge is 2.33. The van der Waals surface area contributed by atoms with E-state index in [2.05, 4.69) is 0 Å². The average molecular weight is 500 g/mol. The van der Waals surface area contributed by atoms with Crippen LogP contribution in [0.5, 0.6) is 0 Å². The van der Waals surface area contributed by atoms with Gasteiger partial charge in [0.2, 0.25) is 21.8 Å². The number of carbonyl (C=O) groups is 2. The topological polar surface area (TPSA) is 78.0 Å². The van der Waals surface area contributed by atoms with Gasteiger partial charge in [-0.25, -0.2) is 8.42 Å². The molecule has 0 radical (unpaired) electrons. The van der Waals surface area contributed by atoms with Gasteiger partial charge in [0.1, 0.15) is 6.54 Å². The number of fused-ring (bicyclic) bond motifs is 2. The Bertz CT molecular complexity index is 1220. The highest BCUT2D eigenvalue weighted by molar-refractivity contribution is 8.00. The van der Waals surface area contributed by atoms with Crippen molar-refractivity contribution in [1.82, 2.24) is 4.31 Å². The van der Waals surface area contributed by atoms with Crippen molar-refractivity contribution in [2.24, 2.45) is 0 Å². The smallest absolute Gasteiger partial charge is 0.247 e. The molecule has 3 aliphatic heterocycles.